The van der Waals surface area contributed by atoms with Gasteiger partial charge in [-0.2, -0.15) is 9.50 Å². The van der Waals surface area contributed by atoms with Gasteiger partial charge in [-0.1, -0.05) is 11.6 Å². The van der Waals surface area contributed by atoms with E-state index in [1.807, 2.05) is 18.2 Å². The second kappa shape index (κ2) is 8.03. The number of halogens is 1. The van der Waals surface area contributed by atoms with Crippen LogP contribution in [0.15, 0.2) is 59.7 Å². The van der Waals surface area contributed by atoms with Crippen LogP contribution >= 0.6 is 11.6 Å². The molecule has 0 fully saturated rings. The quantitative estimate of drug-likeness (QED) is 0.390. The lowest BCUT2D eigenvalue weighted by Gasteiger charge is -2.12. The van der Waals surface area contributed by atoms with Crippen molar-refractivity contribution in [1.29, 1.82) is 0 Å². The van der Waals surface area contributed by atoms with Crippen molar-refractivity contribution < 1.29 is 14.2 Å². The van der Waals surface area contributed by atoms with E-state index in [0.29, 0.717) is 63.7 Å². The molecule has 0 N–H and O–H groups in total. The molecule has 5 aromatic rings. The van der Waals surface area contributed by atoms with Crippen LogP contribution in [0.25, 0.3) is 33.8 Å². The van der Waals surface area contributed by atoms with Gasteiger partial charge in [0.05, 0.1) is 36.9 Å². The first-order valence-electron chi connectivity index (χ1n) is 10.6. The van der Waals surface area contributed by atoms with Gasteiger partial charge in [0.2, 0.25) is 0 Å². The highest BCUT2D eigenvalue weighted by Gasteiger charge is 2.17. The summed E-state index contributed by atoms with van der Waals surface area (Å²) in [6.07, 6.45) is 3.99. The standard InChI is InChI=1S/C24H18ClN5O4/c1-32-19-6-4-15(25)12-18(19)29-8-7-17-16(23(29)31)13-26-24-27-22(28-30(17)24)14-3-5-20-21(11-14)34-10-2-9-33-20/h3-8,11-13H,2,9-10H2,1H3. The Hall–Kier alpha value is -4.11. The van der Waals surface area contributed by atoms with Crippen molar-refractivity contribution in [2.75, 3.05) is 20.3 Å². The first-order chi connectivity index (χ1) is 16.6. The Morgan fingerprint density at radius 3 is 2.76 bits per heavy atom. The van der Waals surface area contributed by atoms with Gasteiger partial charge in [-0.3, -0.25) is 9.36 Å². The fourth-order valence-corrected chi connectivity index (χ4v) is 4.15. The first-order valence-corrected chi connectivity index (χ1v) is 11.0. The highest BCUT2D eigenvalue weighted by atomic mass is 35.5. The Labute approximate surface area is 198 Å². The summed E-state index contributed by atoms with van der Waals surface area (Å²) in [6, 6.07) is 12.5. The molecule has 0 atom stereocenters. The molecule has 9 nitrogen and oxygen atoms in total. The van der Waals surface area contributed by atoms with Gasteiger partial charge in [0, 0.05) is 29.4 Å². The smallest absolute Gasteiger partial charge is 0.266 e. The Morgan fingerprint density at radius 2 is 1.91 bits per heavy atom. The van der Waals surface area contributed by atoms with E-state index in [1.165, 1.54) is 10.8 Å². The number of nitrogens with zero attached hydrogens (tertiary/aromatic N) is 5. The number of hydrogen-bond donors (Lipinski definition) is 0. The number of hydrogen-bond acceptors (Lipinski definition) is 7. The predicted molar refractivity (Wildman–Crippen MR) is 126 cm³/mol. The van der Waals surface area contributed by atoms with Crippen molar-refractivity contribution in [3.05, 3.63) is 70.2 Å². The van der Waals surface area contributed by atoms with Crippen LogP contribution in [0, 0.1) is 0 Å². The molecule has 0 saturated heterocycles. The van der Waals surface area contributed by atoms with Crippen molar-refractivity contribution >= 4 is 28.3 Å². The van der Waals surface area contributed by atoms with Gasteiger partial charge in [-0.25, -0.2) is 4.98 Å². The highest BCUT2D eigenvalue weighted by molar-refractivity contribution is 6.30. The molecule has 0 radical (unpaired) electrons. The normalized spacial score (nSPS) is 13.2. The SMILES string of the molecule is COc1ccc(Cl)cc1-n1ccc2c(cnc3nc(-c4ccc5c(c4)OCCCO5)nn32)c1=O. The van der Waals surface area contributed by atoms with E-state index in [2.05, 4.69) is 15.1 Å². The molecule has 0 aliphatic carbocycles. The third-order valence-electron chi connectivity index (χ3n) is 5.64. The van der Waals surface area contributed by atoms with Crippen LogP contribution in [0.4, 0.5) is 0 Å². The predicted octanol–water partition coefficient (Wildman–Crippen LogP) is 3.92. The number of fused-ring (bicyclic) bond motifs is 4. The number of pyridine rings is 1. The average molecular weight is 476 g/mol. The van der Waals surface area contributed by atoms with E-state index in [1.54, 1.807) is 42.1 Å². The summed E-state index contributed by atoms with van der Waals surface area (Å²) in [5.41, 5.74) is 1.61. The van der Waals surface area contributed by atoms with E-state index in [0.717, 1.165) is 12.0 Å². The van der Waals surface area contributed by atoms with Crippen molar-refractivity contribution in [2.24, 2.45) is 0 Å². The maximum Gasteiger partial charge on any atom is 0.266 e. The molecule has 10 heteroatoms. The van der Waals surface area contributed by atoms with Gasteiger partial charge in [-0.05, 0) is 42.5 Å². The molecule has 34 heavy (non-hydrogen) atoms. The zero-order chi connectivity index (χ0) is 23.2. The fraction of sp³-hybridized carbons (Fsp3) is 0.167. The number of ether oxygens (including phenoxy) is 3. The van der Waals surface area contributed by atoms with Crippen LogP contribution in [-0.2, 0) is 0 Å². The molecule has 0 spiro atoms. The third kappa shape index (κ3) is 3.32. The third-order valence-corrected chi connectivity index (χ3v) is 5.88. The molecule has 0 bridgehead atoms. The molecule has 0 saturated carbocycles. The van der Waals surface area contributed by atoms with Gasteiger partial charge >= 0.3 is 0 Å². The molecule has 3 aromatic heterocycles. The summed E-state index contributed by atoms with van der Waals surface area (Å²) in [4.78, 5) is 22.3. The van der Waals surface area contributed by atoms with Crippen LogP contribution in [-0.4, -0.2) is 44.5 Å². The number of benzene rings is 2. The molecular formula is C24H18ClN5O4. The van der Waals surface area contributed by atoms with E-state index in [4.69, 9.17) is 25.8 Å². The second-order valence-electron chi connectivity index (χ2n) is 7.72. The Bertz CT molecular complexity index is 1630. The van der Waals surface area contributed by atoms with Crippen molar-refractivity contribution in [3.63, 3.8) is 0 Å². The minimum atomic E-state index is -0.278. The molecule has 2 aromatic carbocycles. The van der Waals surface area contributed by atoms with Crippen LogP contribution in [0.5, 0.6) is 17.2 Å². The Kier molecular flexibility index (Phi) is 4.84. The van der Waals surface area contributed by atoms with E-state index < -0.39 is 0 Å². The number of methoxy groups -OCH3 is 1. The first kappa shape index (κ1) is 20.5. The maximum absolute atomic E-state index is 13.4. The van der Waals surface area contributed by atoms with Gasteiger partial charge in [-0.15, -0.1) is 5.10 Å². The van der Waals surface area contributed by atoms with Crippen LogP contribution in [0.2, 0.25) is 5.02 Å². The van der Waals surface area contributed by atoms with Gasteiger partial charge < -0.3 is 14.2 Å². The average Bonchev–Trinajstić information content (AvgIpc) is 3.16. The lowest BCUT2D eigenvalue weighted by molar-refractivity contribution is 0.297. The lowest BCUT2D eigenvalue weighted by atomic mass is 10.2. The summed E-state index contributed by atoms with van der Waals surface area (Å²) in [7, 11) is 1.54. The van der Waals surface area contributed by atoms with Gasteiger partial charge in [0.25, 0.3) is 11.3 Å². The molecule has 4 heterocycles. The van der Waals surface area contributed by atoms with Gasteiger partial charge in [0.15, 0.2) is 17.3 Å². The van der Waals surface area contributed by atoms with Crippen LogP contribution < -0.4 is 19.8 Å². The molecular weight excluding hydrogens is 458 g/mol. The summed E-state index contributed by atoms with van der Waals surface area (Å²) < 4.78 is 19.9. The van der Waals surface area contributed by atoms with E-state index in [-0.39, 0.29) is 5.56 Å². The Morgan fingerprint density at radius 1 is 1.06 bits per heavy atom. The van der Waals surface area contributed by atoms with Crippen LogP contribution in [0.3, 0.4) is 0 Å². The zero-order valence-corrected chi connectivity index (χ0v) is 18.8. The van der Waals surface area contributed by atoms with Crippen LogP contribution in [0.1, 0.15) is 6.42 Å². The fourth-order valence-electron chi connectivity index (χ4n) is 3.99. The molecule has 0 amide bonds. The minimum Gasteiger partial charge on any atom is -0.495 e. The van der Waals surface area contributed by atoms with Crippen molar-refractivity contribution in [3.8, 4) is 34.3 Å². The molecule has 0 unspecified atom stereocenters. The highest BCUT2D eigenvalue weighted by Crippen LogP contribution is 2.33. The van der Waals surface area contributed by atoms with Crippen molar-refractivity contribution in [1.82, 2.24) is 24.1 Å². The number of aromatic nitrogens is 5. The summed E-state index contributed by atoms with van der Waals surface area (Å²) in [5.74, 6) is 2.73. The largest absolute Gasteiger partial charge is 0.495 e. The maximum atomic E-state index is 13.4. The zero-order valence-electron chi connectivity index (χ0n) is 18.1. The monoisotopic (exact) mass is 475 g/mol. The topological polar surface area (TPSA) is 92.8 Å². The minimum absolute atomic E-state index is 0.278. The van der Waals surface area contributed by atoms with E-state index in [9.17, 15) is 4.79 Å². The molecule has 1 aliphatic rings. The number of rotatable bonds is 3. The lowest BCUT2D eigenvalue weighted by Crippen LogP contribution is -2.19. The van der Waals surface area contributed by atoms with E-state index >= 15 is 0 Å². The molecule has 6 rings (SSSR count). The van der Waals surface area contributed by atoms with Gasteiger partial charge in [0.1, 0.15) is 5.75 Å². The molecule has 1 aliphatic heterocycles. The van der Waals surface area contributed by atoms with Crippen molar-refractivity contribution in [2.45, 2.75) is 6.42 Å². The second-order valence-corrected chi connectivity index (χ2v) is 8.16. The summed E-state index contributed by atoms with van der Waals surface area (Å²) >= 11 is 6.16. The Balaban J connectivity index is 1.49. The molecule has 170 valence electrons. The summed E-state index contributed by atoms with van der Waals surface area (Å²) in [6.45, 7) is 1.21. The summed E-state index contributed by atoms with van der Waals surface area (Å²) in [5, 5.41) is 5.50.